The maximum absolute atomic E-state index is 13.0. The maximum atomic E-state index is 13.0. The quantitative estimate of drug-likeness (QED) is 0.566. The zero-order chi connectivity index (χ0) is 20.4. The van der Waals surface area contributed by atoms with Gasteiger partial charge in [0, 0.05) is 10.9 Å². The monoisotopic (exact) mass is 409 g/mol. The van der Waals surface area contributed by atoms with E-state index in [-0.39, 0.29) is 11.7 Å². The standard InChI is InChI=1S/C20H16FN5O2S/c1-12-18(24-23-15-7-5-14(21)6-8-15)19(27)26(25-12)20-22-17(11-29-20)13-3-9-16(28-2)10-4-13/h3-11,18H,1-2H3. The van der Waals surface area contributed by atoms with Gasteiger partial charge in [-0.25, -0.2) is 9.37 Å². The van der Waals surface area contributed by atoms with E-state index in [1.165, 1.54) is 40.6 Å². The number of halogens is 1. The molecule has 29 heavy (non-hydrogen) atoms. The Balaban J connectivity index is 1.52. The molecule has 146 valence electrons. The molecule has 2 aromatic carbocycles. The van der Waals surface area contributed by atoms with Crippen LogP contribution in [0.1, 0.15) is 6.92 Å². The Morgan fingerprint density at radius 1 is 1.14 bits per heavy atom. The van der Waals surface area contributed by atoms with E-state index in [0.717, 1.165) is 17.0 Å². The molecular weight excluding hydrogens is 393 g/mol. The Labute approximate surface area is 170 Å². The number of aromatic nitrogens is 1. The van der Waals surface area contributed by atoms with Crippen LogP contribution in [0.5, 0.6) is 5.75 Å². The number of nitrogens with zero attached hydrogens (tertiary/aromatic N) is 5. The minimum absolute atomic E-state index is 0.330. The maximum Gasteiger partial charge on any atom is 0.282 e. The molecule has 2 heterocycles. The van der Waals surface area contributed by atoms with Crippen LogP contribution in [0.2, 0.25) is 0 Å². The predicted molar refractivity (Wildman–Crippen MR) is 109 cm³/mol. The average molecular weight is 409 g/mol. The summed E-state index contributed by atoms with van der Waals surface area (Å²) in [5, 5.41) is 16.0. The smallest absolute Gasteiger partial charge is 0.282 e. The fourth-order valence-corrected chi connectivity index (χ4v) is 3.50. The van der Waals surface area contributed by atoms with Gasteiger partial charge in [0.15, 0.2) is 6.04 Å². The molecule has 0 spiro atoms. The molecule has 0 fully saturated rings. The fraction of sp³-hybridized carbons (Fsp3) is 0.150. The molecule has 0 saturated heterocycles. The summed E-state index contributed by atoms with van der Waals surface area (Å²) in [6, 6.07) is 12.2. The first kappa shape index (κ1) is 18.9. The summed E-state index contributed by atoms with van der Waals surface area (Å²) in [5.74, 6) is 0.0683. The van der Waals surface area contributed by atoms with Crippen LogP contribution in [0.15, 0.2) is 69.2 Å². The topological polar surface area (TPSA) is 79.5 Å². The van der Waals surface area contributed by atoms with E-state index in [1.54, 1.807) is 14.0 Å². The van der Waals surface area contributed by atoms with Gasteiger partial charge in [0.1, 0.15) is 11.6 Å². The van der Waals surface area contributed by atoms with Crippen LogP contribution < -0.4 is 9.75 Å². The van der Waals surface area contributed by atoms with Crippen molar-refractivity contribution in [2.24, 2.45) is 15.3 Å². The third-order valence-corrected chi connectivity index (χ3v) is 5.09. The van der Waals surface area contributed by atoms with Gasteiger partial charge in [-0.05, 0) is 55.5 Å². The molecule has 0 bridgehead atoms. The first-order valence-corrected chi connectivity index (χ1v) is 9.58. The van der Waals surface area contributed by atoms with Crippen LogP contribution in [0, 0.1) is 5.82 Å². The van der Waals surface area contributed by atoms with Crippen LogP contribution in [0.3, 0.4) is 0 Å². The van der Waals surface area contributed by atoms with Crippen molar-refractivity contribution in [3.63, 3.8) is 0 Å². The first-order chi connectivity index (χ1) is 14.0. The molecule has 7 nitrogen and oxygen atoms in total. The van der Waals surface area contributed by atoms with Crippen molar-refractivity contribution < 1.29 is 13.9 Å². The van der Waals surface area contributed by atoms with Crippen LogP contribution in [-0.4, -0.2) is 29.8 Å². The van der Waals surface area contributed by atoms with Crippen molar-refractivity contribution in [3.05, 3.63) is 59.7 Å². The van der Waals surface area contributed by atoms with E-state index in [1.807, 2.05) is 29.6 Å². The molecule has 1 atom stereocenters. The highest BCUT2D eigenvalue weighted by molar-refractivity contribution is 7.14. The lowest BCUT2D eigenvalue weighted by atomic mass is 10.2. The summed E-state index contributed by atoms with van der Waals surface area (Å²) in [6.07, 6.45) is 0. The number of benzene rings is 2. The average Bonchev–Trinajstić information content (AvgIpc) is 3.33. The number of ether oxygens (including phenoxy) is 1. The second kappa shape index (κ2) is 7.88. The van der Waals surface area contributed by atoms with Crippen molar-refractivity contribution in [1.29, 1.82) is 0 Å². The van der Waals surface area contributed by atoms with Crippen molar-refractivity contribution in [2.45, 2.75) is 13.0 Å². The van der Waals surface area contributed by atoms with Gasteiger partial charge in [0.05, 0.1) is 24.2 Å². The number of thiazole rings is 1. The Kier molecular flexibility index (Phi) is 5.13. The third kappa shape index (κ3) is 3.90. The zero-order valence-electron chi connectivity index (χ0n) is 15.6. The normalized spacial score (nSPS) is 16.5. The Bertz CT molecular complexity index is 1090. The minimum Gasteiger partial charge on any atom is -0.497 e. The van der Waals surface area contributed by atoms with Crippen molar-refractivity contribution in [3.8, 4) is 17.0 Å². The van der Waals surface area contributed by atoms with Crippen molar-refractivity contribution >= 4 is 33.8 Å². The molecular formula is C20H16FN5O2S. The SMILES string of the molecule is COc1ccc(-c2csc(N3N=C(C)C(N=Nc4ccc(F)cc4)C3=O)n2)cc1. The van der Waals surface area contributed by atoms with Gasteiger partial charge >= 0.3 is 0 Å². The summed E-state index contributed by atoms with van der Waals surface area (Å²) in [7, 11) is 1.61. The molecule has 0 N–H and O–H groups in total. The zero-order valence-corrected chi connectivity index (χ0v) is 16.4. The molecule has 3 aromatic rings. The fourth-order valence-electron chi connectivity index (χ4n) is 2.71. The summed E-state index contributed by atoms with van der Waals surface area (Å²) in [4.78, 5) is 17.3. The van der Waals surface area contributed by atoms with E-state index >= 15 is 0 Å². The molecule has 1 amide bonds. The summed E-state index contributed by atoms with van der Waals surface area (Å²) >= 11 is 1.32. The third-order valence-electron chi connectivity index (χ3n) is 4.27. The van der Waals surface area contributed by atoms with E-state index in [2.05, 4.69) is 20.3 Å². The van der Waals surface area contributed by atoms with E-state index in [0.29, 0.717) is 16.5 Å². The number of amides is 1. The van der Waals surface area contributed by atoms with Gasteiger partial charge in [-0.2, -0.15) is 20.3 Å². The number of hydrogen-bond donors (Lipinski definition) is 0. The van der Waals surface area contributed by atoms with E-state index in [9.17, 15) is 9.18 Å². The van der Waals surface area contributed by atoms with Crippen molar-refractivity contribution in [2.75, 3.05) is 12.1 Å². The number of methoxy groups -OCH3 is 1. The molecule has 0 saturated carbocycles. The number of hydrazone groups is 1. The number of anilines is 1. The first-order valence-electron chi connectivity index (χ1n) is 8.70. The molecule has 0 aliphatic carbocycles. The molecule has 1 unspecified atom stereocenters. The lowest BCUT2D eigenvalue weighted by Gasteiger charge is -2.08. The van der Waals surface area contributed by atoms with Crippen LogP contribution in [0.4, 0.5) is 15.2 Å². The second-order valence-electron chi connectivity index (χ2n) is 6.23. The van der Waals surface area contributed by atoms with Crippen molar-refractivity contribution in [1.82, 2.24) is 4.98 Å². The summed E-state index contributed by atoms with van der Waals surface area (Å²) in [6.45, 7) is 1.71. The lowest BCUT2D eigenvalue weighted by molar-refractivity contribution is -0.117. The molecule has 9 heteroatoms. The highest BCUT2D eigenvalue weighted by Gasteiger charge is 2.36. The molecule has 0 radical (unpaired) electrons. The highest BCUT2D eigenvalue weighted by atomic mass is 32.1. The summed E-state index contributed by atoms with van der Waals surface area (Å²) < 4.78 is 18.2. The molecule has 4 rings (SSSR count). The number of rotatable bonds is 5. The van der Waals surface area contributed by atoms with Crippen LogP contribution in [0.25, 0.3) is 11.3 Å². The van der Waals surface area contributed by atoms with Gasteiger partial charge in [-0.3, -0.25) is 4.79 Å². The van der Waals surface area contributed by atoms with Gasteiger partial charge in [0.2, 0.25) is 5.13 Å². The Morgan fingerprint density at radius 2 is 1.86 bits per heavy atom. The molecule has 1 aromatic heterocycles. The molecule has 1 aliphatic rings. The van der Waals surface area contributed by atoms with Crippen LogP contribution in [-0.2, 0) is 4.79 Å². The van der Waals surface area contributed by atoms with E-state index in [4.69, 9.17) is 4.74 Å². The number of azo groups is 1. The summed E-state index contributed by atoms with van der Waals surface area (Å²) in [5.41, 5.74) is 2.63. The second-order valence-corrected chi connectivity index (χ2v) is 7.07. The van der Waals surface area contributed by atoms with E-state index < -0.39 is 6.04 Å². The van der Waals surface area contributed by atoms with Gasteiger partial charge in [-0.1, -0.05) is 0 Å². The number of carbonyl (C=O) groups excluding carboxylic acids is 1. The van der Waals surface area contributed by atoms with Gasteiger partial charge in [0.25, 0.3) is 5.91 Å². The Morgan fingerprint density at radius 3 is 2.55 bits per heavy atom. The predicted octanol–water partition coefficient (Wildman–Crippen LogP) is 4.83. The van der Waals surface area contributed by atoms with Gasteiger partial charge < -0.3 is 4.74 Å². The Hall–Kier alpha value is -3.46. The van der Waals surface area contributed by atoms with Crippen LogP contribution >= 0.6 is 11.3 Å². The lowest BCUT2D eigenvalue weighted by Crippen LogP contribution is -2.29. The number of carbonyl (C=O) groups is 1. The van der Waals surface area contributed by atoms with Gasteiger partial charge in [-0.15, -0.1) is 11.3 Å². The highest BCUT2D eigenvalue weighted by Crippen LogP contribution is 2.31. The number of hydrogen-bond acceptors (Lipinski definition) is 7. The molecule has 1 aliphatic heterocycles. The largest absolute Gasteiger partial charge is 0.497 e. The minimum atomic E-state index is -0.826.